The van der Waals surface area contributed by atoms with E-state index in [1.807, 2.05) is 0 Å². The van der Waals surface area contributed by atoms with E-state index in [9.17, 15) is 13.2 Å². The molecule has 2 unspecified atom stereocenters. The second-order valence-electron chi connectivity index (χ2n) is 3.32. The molecule has 0 aliphatic heterocycles. The minimum atomic E-state index is -3.43. The van der Waals surface area contributed by atoms with Gasteiger partial charge in [-0.15, -0.1) is 11.3 Å². The quantitative estimate of drug-likeness (QED) is 0.923. The van der Waals surface area contributed by atoms with E-state index in [0.29, 0.717) is 0 Å². The lowest BCUT2D eigenvalue weighted by Gasteiger charge is -1.97. The maximum absolute atomic E-state index is 11.8. The third kappa shape index (κ3) is 1.95. The molecule has 2 atom stereocenters. The minimum absolute atomic E-state index is 0.229. The van der Waals surface area contributed by atoms with E-state index in [2.05, 4.69) is 15.9 Å². The molecule has 0 aromatic carbocycles. The number of thiophene rings is 1. The fourth-order valence-corrected chi connectivity index (χ4v) is 5.49. The maximum atomic E-state index is 11.8. The first-order valence-electron chi connectivity index (χ1n) is 4.15. The molecule has 82 valence electrons. The summed E-state index contributed by atoms with van der Waals surface area (Å²) in [6.07, 6.45) is 0.229. The highest BCUT2D eigenvalue weighted by atomic mass is 79.9. The maximum Gasteiger partial charge on any atom is 0.307 e. The molecule has 1 aromatic rings. The number of sulfone groups is 1. The number of carbonyl (C=O) groups is 1. The van der Waals surface area contributed by atoms with Gasteiger partial charge < -0.3 is 5.11 Å². The molecule has 0 spiro atoms. The molecule has 1 N–H and O–H groups in total. The molecule has 15 heavy (non-hydrogen) atoms. The van der Waals surface area contributed by atoms with Crippen molar-refractivity contribution in [2.24, 2.45) is 5.92 Å². The predicted octanol–water partition coefficient (Wildman–Crippen LogP) is 1.76. The third-order valence-corrected chi connectivity index (χ3v) is 6.66. The summed E-state index contributed by atoms with van der Waals surface area (Å²) in [4.78, 5) is 10.6. The number of hydrogen-bond donors (Lipinski definition) is 1. The number of aliphatic carboxylic acids is 1. The van der Waals surface area contributed by atoms with Crippen LogP contribution >= 0.6 is 27.3 Å². The second-order valence-corrected chi connectivity index (χ2v) is 8.18. The van der Waals surface area contributed by atoms with Crippen LogP contribution in [0.2, 0.25) is 0 Å². The Hall–Kier alpha value is -0.400. The van der Waals surface area contributed by atoms with Gasteiger partial charge in [0.15, 0.2) is 9.84 Å². The van der Waals surface area contributed by atoms with Crippen LogP contribution in [0.4, 0.5) is 0 Å². The van der Waals surface area contributed by atoms with Crippen molar-refractivity contribution in [3.8, 4) is 0 Å². The van der Waals surface area contributed by atoms with Crippen molar-refractivity contribution in [3.63, 3.8) is 0 Å². The molecular formula is C8H7BrO4S2. The Morgan fingerprint density at radius 1 is 1.53 bits per heavy atom. The Morgan fingerprint density at radius 3 is 2.60 bits per heavy atom. The van der Waals surface area contributed by atoms with Gasteiger partial charge in [-0.25, -0.2) is 8.42 Å². The molecule has 0 saturated heterocycles. The van der Waals surface area contributed by atoms with Gasteiger partial charge in [0.2, 0.25) is 0 Å². The Labute approximate surface area is 99.0 Å². The standard InChI is InChI=1S/C8H7BrO4S2/c9-6-1-2-7(14-6)15(12,13)5-3-4(5)8(10)11/h1-2,4-5H,3H2,(H,10,11). The van der Waals surface area contributed by atoms with Crippen LogP contribution in [0.5, 0.6) is 0 Å². The number of carboxylic acids is 1. The fourth-order valence-electron chi connectivity index (χ4n) is 1.37. The number of halogens is 1. The molecule has 1 saturated carbocycles. The van der Waals surface area contributed by atoms with E-state index in [-0.39, 0.29) is 10.6 Å². The van der Waals surface area contributed by atoms with E-state index >= 15 is 0 Å². The largest absolute Gasteiger partial charge is 0.481 e. The van der Waals surface area contributed by atoms with Gasteiger partial charge in [0.05, 0.1) is 15.0 Å². The van der Waals surface area contributed by atoms with Gasteiger partial charge in [-0.1, -0.05) is 0 Å². The summed E-state index contributed by atoms with van der Waals surface area (Å²) in [6.45, 7) is 0. The van der Waals surface area contributed by atoms with Crippen LogP contribution in [0.15, 0.2) is 20.1 Å². The van der Waals surface area contributed by atoms with Crippen LogP contribution in [-0.2, 0) is 14.6 Å². The Bertz CT molecular complexity index is 504. The van der Waals surface area contributed by atoms with Crippen molar-refractivity contribution in [1.82, 2.24) is 0 Å². The normalized spacial score (nSPS) is 25.1. The highest BCUT2D eigenvalue weighted by molar-refractivity contribution is 9.11. The topological polar surface area (TPSA) is 71.4 Å². The molecule has 1 aliphatic carbocycles. The average Bonchev–Trinajstić information content (AvgIpc) is 2.84. The number of carboxylic acid groups (broad SMARTS) is 1. The van der Waals surface area contributed by atoms with Gasteiger partial charge in [-0.05, 0) is 34.5 Å². The molecule has 1 aromatic heterocycles. The first-order chi connectivity index (χ1) is 6.93. The van der Waals surface area contributed by atoms with Crippen molar-refractivity contribution < 1.29 is 18.3 Å². The van der Waals surface area contributed by atoms with Gasteiger partial charge in [-0.2, -0.15) is 0 Å². The van der Waals surface area contributed by atoms with Crippen molar-refractivity contribution in [3.05, 3.63) is 15.9 Å². The average molecular weight is 311 g/mol. The summed E-state index contributed by atoms with van der Waals surface area (Å²) < 4.78 is 24.7. The van der Waals surface area contributed by atoms with E-state index in [1.54, 1.807) is 6.07 Å². The smallest absolute Gasteiger partial charge is 0.307 e. The molecule has 0 amide bonds. The molecule has 7 heteroatoms. The summed E-state index contributed by atoms with van der Waals surface area (Å²) in [7, 11) is -3.43. The SMILES string of the molecule is O=C(O)C1CC1S(=O)(=O)c1ccc(Br)s1. The number of rotatable bonds is 3. The van der Waals surface area contributed by atoms with Gasteiger partial charge in [0.25, 0.3) is 0 Å². The first-order valence-corrected chi connectivity index (χ1v) is 7.30. The predicted molar refractivity (Wildman–Crippen MR) is 58.7 cm³/mol. The van der Waals surface area contributed by atoms with Crippen LogP contribution in [0.25, 0.3) is 0 Å². The van der Waals surface area contributed by atoms with Gasteiger partial charge >= 0.3 is 5.97 Å². The van der Waals surface area contributed by atoms with Crippen LogP contribution in [0, 0.1) is 5.92 Å². The third-order valence-electron chi connectivity index (χ3n) is 2.28. The Morgan fingerprint density at radius 2 is 2.20 bits per heavy atom. The zero-order valence-corrected chi connectivity index (χ0v) is 10.6. The highest BCUT2D eigenvalue weighted by Crippen LogP contribution is 2.42. The first kappa shape index (κ1) is 11.1. The Kier molecular flexibility index (Phi) is 2.64. The molecular weight excluding hydrogens is 304 g/mol. The Balaban J connectivity index is 2.27. The number of hydrogen-bond acceptors (Lipinski definition) is 4. The zero-order valence-electron chi connectivity index (χ0n) is 7.38. The monoisotopic (exact) mass is 310 g/mol. The van der Waals surface area contributed by atoms with Gasteiger partial charge in [0.1, 0.15) is 4.21 Å². The molecule has 2 rings (SSSR count). The summed E-state index contributed by atoms with van der Waals surface area (Å²) in [5.74, 6) is -1.75. The fraction of sp³-hybridized carbons (Fsp3) is 0.375. The summed E-state index contributed by atoms with van der Waals surface area (Å²) in [5.41, 5.74) is 0. The lowest BCUT2D eigenvalue weighted by Crippen LogP contribution is -2.12. The van der Waals surface area contributed by atoms with E-state index in [1.165, 1.54) is 6.07 Å². The summed E-state index contributed by atoms with van der Waals surface area (Å²) in [5, 5.41) is 7.93. The zero-order chi connectivity index (χ0) is 11.2. The molecule has 0 bridgehead atoms. The molecule has 1 aliphatic rings. The van der Waals surface area contributed by atoms with E-state index in [0.717, 1.165) is 15.1 Å². The summed E-state index contributed by atoms with van der Waals surface area (Å²) >= 11 is 4.29. The molecule has 1 heterocycles. The highest BCUT2D eigenvalue weighted by Gasteiger charge is 2.52. The van der Waals surface area contributed by atoms with Crippen LogP contribution in [0.1, 0.15) is 6.42 Å². The van der Waals surface area contributed by atoms with Crippen LogP contribution in [0.3, 0.4) is 0 Å². The molecule has 1 fully saturated rings. The van der Waals surface area contributed by atoms with Gasteiger partial charge in [-0.3, -0.25) is 4.79 Å². The lowest BCUT2D eigenvalue weighted by atomic mass is 10.4. The van der Waals surface area contributed by atoms with Gasteiger partial charge in [0, 0.05) is 0 Å². The van der Waals surface area contributed by atoms with Crippen LogP contribution < -0.4 is 0 Å². The van der Waals surface area contributed by atoms with Crippen molar-refractivity contribution in [1.29, 1.82) is 0 Å². The second kappa shape index (κ2) is 3.57. The van der Waals surface area contributed by atoms with Crippen molar-refractivity contribution in [2.75, 3.05) is 0 Å². The van der Waals surface area contributed by atoms with E-state index < -0.39 is 27.0 Å². The van der Waals surface area contributed by atoms with E-state index in [4.69, 9.17) is 5.11 Å². The van der Waals surface area contributed by atoms with Crippen molar-refractivity contribution in [2.45, 2.75) is 15.9 Å². The molecule has 4 nitrogen and oxygen atoms in total. The van der Waals surface area contributed by atoms with Crippen LogP contribution in [-0.4, -0.2) is 24.7 Å². The molecule has 0 radical (unpaired) electrons. The minimum Gasteiger partial charge on any atom is -0.481 e. The van der Waals surface area contributed by atoms with Crippen molar-refractivity contribution >= 4 is 43.1 Å². The lowest BCUT2D eigenvalue weighted by molar-refractivity contribution is -0.138. The summed E-state index contributed by atoms with van der Waals surface area (Å²) in [6, 6.07) is 3.15.